The van der Waals surface area contributed by atoms with Gasteiger partial charge in [0.2, 0.25) is 0 Å². The van der Waals surface area contributed by atoms with Gasteiger partial charge in [0, 0.05) is 12.1 Å². The summed E-state index contributed by atoms with van der Waals surface area (Å²) in [5.74, 6) is -1.31. The fraction of sp³-hybridized carbons (Fsp3) is 0.211. The fourth-order valence-electron chi connectivity index (χ4n) is 2.90. The topological polar surface area (TPSA) is 12.4 Å². The van der Waals surface area contributed by atoms with Crippen LogP contribution in [0.2, 0.25) is 0 Å². The van der Waals surface area contributed by atoms with Crippen LogP contribution in [0, 0.1) is 11.6 Å². The Morgan fingerprint density at radius 2 is 1.61 bits per heavy atom. The highest BCUT2D eigenvalue weighted by Gasteiger charge is 2.14. The highest BCUT2D eigenvalue weighted by Crippen LogP contribution is 2.32. The molecule has 1 aliphatic carbocycles. The summed E-state index contributed by atoms with van der Waals surface area (Å²) in [4.78, 5) is 3.62. The second kappa shape index (κ2) is 6.95. The zero-order chi connectivity index (χ0) is 16.2. The normalized spacial score (nSPS) is 14.1. The molecule has 0 saturated carbocycles. The van der Waals surface area contributed by atoms with Crippen molar-refractivity contribution in [2.24, 2.45) is 4.99 Å². The Labute approximate surface area is 139 Å². The van der Waals surface area contributed by atoms with E-state index in [1.165, 1.54) is 18.4 Å². The van der Waals surface area contributed by atoms with Crippen molar-refractivity contribution in [1.82, 2.24) is 0 Å². The van der Waals surface area contributed by atoms with E-state index in [0.29, 0.717) is 5.56 Å². The van der Waals surface area contributed by atoms with E-state index in [9.17, 15) is 8.78 Å². The highest BCUT2D eigenvalue weighted by molar-refractivity contribution is 7.78. The molecule has 0 atom stereocenters. The number of thiocarbonyl (C=S) groups is 1. The van der Waals surface area contributed by atoms with Crippen LogP contribution in [0.4, 0.5) is 14.5 Å². The van der Waals surface area contributed by atoms with Crippen molar-refractivity contribution in [1.29, 1.82) is 0 Å². The van der Waals surface area contributed by atoms with Crippen LogP contribution in [0.15, 0.2) is 47.5 Å². The van der Waals surface area contributed by atoms with Gasteiger partial charge in [-0.25, -0.2) is 8.78 Å². The number of hydrogen-bond acceptors (Lipinski definition) is 2. The molecule has 0 bridgehead atoms. The van der Waals surface area contributed by atoms with Crippen LogP contribution in [0.5, 0.6) is 0 Å². The number of hydrogen-bond donors (Lipinski definition) is 0. The molecule has 1 nitrogen and oxygen atoms in total. The zero-order valence-corrected chi connectivity index (χ0v) is 13.3. The summed E-state index contributed by atoms with van der Waals surface area (Å²) >= 11 is 4.46. The number of isothiocyanates is 1. The van der Waals surface area contributed by atoms with E-state index in [4.69, 9.17) is 0 Å². The lowest BCUT2D eigenvalue weighted by molar-refractivity contribution is 0.590. The number of aliphatic imine (C=N–C) groups is 1. The molecule has 0 amide bonds. The van der Waals surface area contributed by atoms with Gasteiger partial charge in [-0.2, -0.15) is 4.99 Å². The Bertz CT molecular complexity index is 780. The minimum atomic E-state index is -0.654. The first-order valence-corrected chi connectivity index (χ1v) is 7.96. The molecular formula is C19H15F2NS. The van der Waals surface area contributed by atoms with E-state index in [0.717, 1.165) is 30.5 Å². The average molecular weight is 327 g/mol. The van der Waals surface area contributed by atoms with Crippen LogP contribution in [0.3, 0.4) is 0 Å². The molecule has 0 unspecified atom stereocenters. The van der Waals surface area contributed by atoms with Crippen LogP contribution < -0.4 is 0 Å². The van der Waals surface area contributed by atoms with Gasteiger partial charge in [-0.1, -0.05) is 30.3 Å². The Balaban J connectivity index is 1.96. The fourth-order valence-corrected chi connectivity index (χ4v) is 3.01. The molecular weight excluding hydrogens is 312 g/mol. The summed E-state index contributed by atoms with van der Waals surface area (Å²) in [7, 11) is 0. The minimum Gasteiger partial charge on any atom is -0.206 e. The maximum Gasteiger partial charge on any atom is 0.136 e. The Morgan fingerprint density at radius 3 is 2.17 bits per heavy atom. The minimum absolute atomic E-state index is 0.0440. The van der Waals surface area contributed by atoms with Gasteiger partial charge in [-0.3, -0.25) is 0 Å². The first-order valence-electron chi connectivity index (χ1n) is 7.56. The predicted molar refractivity (Wildman–Crippen MR) is 92.9 cm³/mol. The summed E-state index contributed by atoms with van der Waals surface area (Å²) in [6, 6.07) is 9.69. The van der Waals surface area contributed by atoms with Crippen molar-refractivity contribution in [3.8, 4) is 11.1 Å². The lowest BCUT2D eigenvalue weighted by atomic mass is 9.92. The van der Waals surface area contributed by atoms with Gasteiger partial charge in [0.1, 0.15) is 11.6 Å². The van der Waals surface area contributed by atoms with Crippen LogP contribution in [-0.2, 0) is 0 Å². The van der Waals surface area contributed by atoms with Crippen LogP contribution in [-0.4, -0.2) is 5.16 Å². The van der Waals surface area contributed by atoms with Crippen molar-refractivity contribution < 1.29 is 8.78 Å². The predicted octanol–water partition coefficient (Wildman–Crippen LogP) is 6.32. The summed E-state index contributed by atoms with van der Waals surface area (Å²) in [5, 5.41) is 2.11. The van der Waals surface area contributed by atoms with E-state index in [1.54, 1.807) is 12.1 Å². The molecule has 23 heavy (non-hydrogen) atoms. The molecule has 0 heterocycles. The number of rotatable bonds is 3. The second-order valence-electron chi connectivity index (χ2n) is 5.54. The molecule has 4 heteroatoms. The SMILES string of the molecule is Fc1cc(N=C=S)cc(F)c1-c1ccc(C2=CCCCC2)cc1. The molecule has 116 valence electrons. The number of allylic oxidation sites excluding steroid dienone is 2. The molecule has 2 aromatic carbocycles. The van der Waals surface area contributed by atoms with Crippen molar-refractivity contribution >= 4 is 28.6 Å². The van der Waals surface area contributed by atoms with Gasteiger partial charge < -0.3 is 0 Å². The maximum atomic E-state index is 14.2. The van der Waals surface area contributed by atoms with Gasteiger partial charge in [0.05, 0.1) is 16.4 Å². The summed E-state index contributed by atoms with van der Waals surface area (Å²) < 4.78 is 28.4. The molecule has 0 fully saturated rings. The third-order valence-electron chi connectivity index (χ3n) is 4.04. The van der Waals surface area contributed by atoms with E-state index >= 15 is 0 Å². The van der Waals surface area contributed by atoms with Gasteiger partial charge in [-0.15, -0.1) is 0 Å². The van der Waals surface area contributed by atoms with Crippen molar-refractivity contribution in [3.63, 3.8) is 0 Å². The number of benzene rings is 2. The number of nitrogens with zero attached hydrogens (tertiary/aromatic N) is 1. The van der Waals surface area contributed by atoms with Gasteiger partial charge >= 0.3 is 0 Å². The van der Waals surface area contributed by atoms with E-state index in [1.807, 2.05) is 12.1 Å². The van der Waals surface area contributed by atoms with Crippen LogP contribution in [0.1, 0.15) is 31.2 Å². The molecule has 0 N–H and O–H groups in total. The Morgan fingerprint density at radius 1 is 0.957 bits per heavy atom. The lowest BCUT2D eigenvalue weighted by Gasteiger charge is -2.13. The van der Waals surface area contributed by atoms with Crippen LogP contribution >= 0.6 is 12.2 Å². The third-order valence-corrected chi connectivity index (χ3v) is 4.13. The van der Waals surface area contributed by atoms with E-state index in [2.05, 4.69) is 28.4 Å². The zero-order valence-electron chi connectivity index (χ0n) is 12.5. The molecule has 0 radical (unpaired) electrons. The summed E-state index contributed by atoms with van der Waals surface area (Å²) in [6.45, 7) is 0. The highest BCUT2D eigenvalue weighted by atomic mass is 32.1. The molecule has 0 spiro atoms. The first kappa shape index (κ1) is 15.7. The van der Waals surface area contributed by atoms with Gasteiger partial charge in [0.25, 0.3) is 0 Å². The van der Waals surface area contributed by atoms with E-state index in [-0.39, 0.29) is 11.3 Å². The van der Waals surface area contributed by atoms with Gasteiger partial charge in [0.15, 0.2) is 0 Å². The molecule has 2 aromatic rings. The molecule has 1 aliphatic rings. The maximum absolute atomic E-state index is 14.2. The molecule has 0 saturated heterocycles. The lowest BCUT2D eigenvalue weighted by Crippen LogP contribution is -1.93. The first-order chi connectivity index (χ1) is 11.2. The Kier molecular flexibility index (Phi) is 4.75. The van der Waals surface area contributed by atoms with Crippen molar-refractivity contribution in [2.75, 3.05) is 0 Å². The summed E-state index contributed by atoms with van der Waals surface area (Å²) in [5.41, 5.74) is 3.03. The molecule has 0 aromatic heterocycles. The number of halogens is 2. The van der Waals surface area contributed by atoms with Gasteiger partial charge in [-0.05, 0) is 54.6 Å². The average Bonchev–Trinajstić information content (AvgIpc) is 2.56. The summed E-state index contributed by atoms with van der Waals surface area (Å²) in [6.07, 6.45) is 6.83. The third kappa shape index (κ3) is 3.44. The van der Waals surface area contributed by atoms with Crippen molar-refractivity contribution in [3.05, 3.63) is 59.7 Å². The van der Waals surface area contributed by atoms with Crippen LogP contribution in [0.25, 0.3) is 16.7 Å². The quantitative estimate of drug-likeness (QED) is 0.474. The standard InChI is InChI=1S/C19H15F2NS/c20-17-10-16(22-12-23)11-18(21)19(17)15-8-6-14(7-9-15)13-4-2-1-3-5-13/h4,6-11H,1-3,5H2. The monoisotopic (exact) mass is 327 g/mol. The van der Waals surface area contributed by atoms with Crippen molar-refractivity contribution in [2.45, 2.75) is 25.7 Å². The largest absolute Gasteiger partial charge is 0.206 e. The Hall–Kier alpha value is -2.16. The molecule has 0 aliphatic heterocycles. The smallest absolute Gasteiger partial charge is 0.136 e. The molecule has 3 rings (SSSR count). The second-order valence-corrected chi connectivity index (χ2v) is 5.72. The van der Waals surface area contributed by atoms with E-state index < -0.39 is 11.6 Å².